The summed E-state index contributed by atoms with van der Waals surface area (Å²) < 4.78 is 12.2. The van der Waals surface area contributed by atoms with E-state index >= 15 is 0 Å². The SMILES string of the molecule is CON(C)C(=O)[C@@H]1C[C@@H]1F. The van der Waals surface area contributed by atoms with Crippen molar-refractivity contribution >= 4 is 5.91 Å². The molecule has 1 aliphatic rings. The van der Waals surface area contributed by atoms with Gasteiger partial charge >= 0.3 is 0 Å². The van der Waals surface area contributed by atoms with Crippen LogP contribution in [0, 0.1) is 5.92 Å². The lowest BCUT2D eigenvalue weighted by Gasteiger charge is -2.11. The molecule has 0 heterocycles. The van der Waals surface area contributed by atoms with E-state index in [1.807, 2.05) is 0 Å². The first kappa shape index (κ1) is 7.47. The Kier molecular flexibility index (Phi) is 1.89. The minimum Gasteiger partial charge on any atom is -0.275 e. The average molecular weight is 147 g/mol. The van der Waals surface area contributed by atoms with Gasteiger partial charge in [-0.3, -0.25) is 9.63 Å². The van der Waals surface area contributed by atoms with Crippen LogP contribution in [0.3, 0.4) is 0 Å². The molecule has 0 aliphatic heterocycles. The fourth-order valence-electron chi connectivity index (χ4n) is 0.743. The second-order valence-corrected chi connectivity index (χ2v) is 2.38. The zero-order valence-corrected chi connectivity index (χ0v) is 6.00. The summed E-state index contributed by atoms with van der Waals surface area (Å²) in [4.78, 5) is 15.5. The van der Waals surface area contributed by atoms with Crippen LogP contribution in [0.1, 0.15) is 6.42 Å². The van der Waals surface area contributed by atoms with Gasteiger partial charge in [0, 0.05) is 7.05 Å². The average Bonchev–Trinajstić information content (AvgIpc) is 2.63. The molecule has 0 unspecified atom stereocenters. The van der Waals surface area contributed by atoms with Gasteiger partial charge in [0.25, 0.3) is 5.91 Å². The van der Waals surface area contributed by atoms with E-state index < -0.39 is 12.1 Å². The van der Waals surface area contributed by atoms with Gasteiger partial charge in [0.1, 0.15) is 6.17 Å². The van der Waals surface area contributed by atoms with E-state index in [2.05, 4.69) is 4.84 Å². The molecule has 0 aromatic rings. The summed E-state index contributed by atoms with van der Waals surface area (Å²) in [6.45, 7) is 0. The number of hydrogen-bond acceptors (Lipinski definition) is 2. The van der Waals surface area contributed by atoms with Gasteiger partial charge < -0.3 is 0 Å². The molecule has 0 bridgehead atoms. The summed E-state index contributed by atoms with van der Waals surface area (Å²) in [6.07, 6.45) is -0.586. The van der Waals surface area contributed by atoms with Gasteiger partial charge in [0.2, 0.25) is 0 Å². The van der Waals surface area contributed by atoms with E-state index in [9.17, 15) is 9.18 Å². The summed E-state index contributed by atoms with van der Waals surface area (Å²) >= 11 is 0. The molecule has 58 valence electrons. The van der Waals surface area contributed by atoms with E-state index in [-0.39, 0.29) is 5.91 Å². The lowest BCUT2D eigenvalue weighted by atomic mass is 10.4. The Bertz CT molecular complexity index is 145. The topological polar surface area (TPSA) is 29.5 Å². The normalized spacial score (nSPS) is 29.9. The van der Waals surface area contributed by atoms with Gasteiger partial charge in [-0.1, -0.05) is 0 Å². The minimum absolute atomic E-state index is 0.269. The molecule has 0 radical (unpaired) electrons. The maximum atomic E-state index is 12.2. The lowest BCUT2D eigenvalue weighted by Crippen LogP contribution is -2.27. The van der Waals surface area contributed by atoms with Crippen LogP contribution in [0.25, 0.3) is 0 Å². The maximum absolute atomic E-state index is 12.2. The zero-order chi connectivity index (χ0) is 7.72. The molecular formula is C6H10FNO2. The monoisotopic (exact) mass is 147 g/mol. The molecule has 0 spiro atoms. The van der Waals surface area contributed by atoms with Crippen LogP contribution in [0.15, 0.2) is 0 Å². The number of halogens is 1. The standard InChI is InChI=1S/C6H10FNO2/c1-8(10-2)6(9)4-3-5(4)7/h4-5H,3H2,1-2H3/t4-,5+/m1/s1. The Labute approximate surface area is 58.7 Å². The van der Waals surface area contributed by atoms with Gasteiger partial charge in [-0.2, -0.15) is 0 Å². The van der Waals surface area contributed by atoms with Crippen molar-refractivity contribution < 1.29 is 14.0 Å². The first-order chi connectivity index (χ1) is 4.66. The van der Waals surface area contributed by atoms with Gasteiger partial charge in [-0.05, 0) is 6.42 Å². The molecule has 3 nitrogen and oxygen atoms in total. The maximum Gasteiger partial charge on any atom is 0.251 e. The predicted octanol–water partition coefficient (Wildman–Crippen LogP) is 0.364. The highest BCUT2D eigenvalue weighted by Gasteiger charge is 2.45. The molecule has 0 saturated heterocycles. The van der Waals surface area contributed by atoms with E-state index in [1.54, 1.807) is 0 Å². The van der Waals surface area contributed by atoms with Gasteiger partial charge in [0.05, 0.1) is 13.0 Å². The van der Waals surface area contributed by atoms with Crippen LogP contribution >= 0.6 is 0 Å². The number of rotatable bonds is 2. The molecule has 1 rings (SSSR count). The van der Waals surface area contributed by atoms with Crippen LogP contribution in [0.4, 0.5) is 4.39 Å². The Balaban J connectivity index is 2.35. The van der Waals surface area contributed by atoms with Crippen molar-refractivity contribution in [2.45, 2.75) is 12.6 Å². The number of amides is 1. The van der Waals surface area contributed by atoms with Crippen molar-refractivity contribution in [3.8, 4) is 0 Å². The van der Waals surface area contributed by atoms with Gasteiger partial charge in [-0.15, -0.1) is 0 Å². The molecule has 0 aromatic heterocycles. The number of alkyl halides is 1. The highest BCUT2D eigenvalue weighted by molar-refractivity contribution is 5.80. The molecule has 1 aliphatic carbocycles. The third kappa shape index (κ3) is 1.26. The van der Waals surface area contributed by atoms with Crippen molar-refractivity contribution in [1.29, 1.82) is 0 Å². The smallest absolute Gasteiger partial charge is 0.251 e. The van der Waals surface area contributed by atoms with Crippen LogP contribution < -0.4 is 0 Å². The number of carbonyl (C=O) groups is 1. The fraction of sp³-hybridized carbons (Fsp3) is 0.833. The molecule has 1 amide bonds. The number of hydrogen-bond donors (Lipinski definition) is 0. The van der Waals surface area contributed by atoms with Crippen LogP contribution in [0.5, 0.6) is 0 Å². The lowest BCUT2D eigenvalue weighted by molar-refractivity contribution is -0.170. The van der Waals surface area contributed by atoms with Crippen molar-refractivity contribution in [3.63, 3.8) is 0 Å². The molecule has 10 heavy (non-hydrogen) atoms. The van der Waals surface area contributed by atoms with Crippen molar-refractivity contribution in [1.82, 2.24) is 5.06 Å². The van der Waals surface area contributed by atoms with Crippen LogP contribution in [-0.2, 0) is 9.63 Å². The molecule has 1 fully saturated rings. The molecule has 4 heteroatoms. The molecule has 0 aromatic carbocycles. The van der Waals surface area contributed by atoms with Crippen LogP contribution in [-0.4, -0.2) is 31.3 Å². The first-order valence-electron chi connectivity index (χ1n) is 3.12. The predicted molar refractivity (Wildman–Crippen MR) is 32.8 cm³/mol. The summed E-state index contributed by atoms with van der Waals surface area (Å²) in [5, 5.41) is 1.06. The minimum atomic E-state index is -0.940. The third-order valence-corrected chi connectivity index (χ3v) is 1.61. The largest absolute Gasteiger partial charge is 0.275 e. The highest BCUT2D eigenvalue weighted by Crippen LogP contribution is 2.34. The second kappa shape index (κ2) is 2.54. The second-order valence-electron chi connectivity index (χ2n) is 2.38. The van der Waals surface area contributed by atoms with Crippen molar-refractivity contribution in [2.75, 3.05) is 14.2 Å². The van der Waals surface area contributed by atoms with E-state index in [0.717, 1.165) is 5.06 Å². The number of carbonyl (C=O) groups excluding carboxylic acids is 1. The Morgan fingerprint density at radius 1 is 1.80 bits per heavy atom. The molecule has 0 N–H and O–H groups in total. The summed E-state index contributed by atoms with van der Waals surface area (Å²) in [5.74, 6) is -0.708. The quantitative estimate of drug-likeness (QED) is 0.528. The van der Waals surface area contributed by atoms with Crippen molar-refractivity contribution in [3.05, 3.63) is 0 Å². The van der Waals surface area contributed by atoms with E-state index in [4.69, 9.17) is 0 Å². The number of nitrogens with zero attached hydrogens (tertiary/aromatic N) is 1. The Morgan fingerprint density at radius 3 is 2.60 bits per heavy atom. The fourth-order valence-corrected chi connectivity index (χ4v) is 0.743. The van der Waals surface area contributed by atoms with Crippen molar-refractivity contribution in [2.24, 2.45) is 5.92 Å². The molecule has 2 atom stereocenters. The zero-order valence-electron chi connectivity index (χ0n) is 6.00. The Hall–Kier alpha value is -0.640. The number of hydroxylamine groups is 2. The molecule has 1 saturated carbocycles. The van der Waals surface area contributed by atoms with E-state index in [0.29, 0.717) is 6.42 Å². The highest BCUT2D eigenvalue weighted by atomic mass is 19.1. The first-order valence-corrected chi connectivity index (χ1v) is 3.12. The third-order valence-electron chi connectivity index (χ3n) is 1.61. The summed E-state index contributed by atoms with van der Waals surface area (Å²) in [6, 6.07) is 0. The Morgan fingerprint density at radius 2 is 2.30 bits per heavy atom. The van der Waals surface area contributed by atoms with Crippen LogP contribution in [0.2, 0.25) is 0 Å². The van der Waals surface area contributed by atoms with E-state index in [1.165, 1.54) is 14.2 Å². The summed E-state index contributed by atoms with van der Waals surface area (Å²) in [5.41, 5.74) is 0. The molecular weight excluding hydrogens is 137 g/mol. The summed E-state index contributed by atoms with van der Waals surface area (Å²) in [7, 11) is 2.86. The van der Waals surface area contributed by atoms with Gasteiger partial charge in [-0.25, -0.2) is 9.45 Å². The van der Waals surface area contributed by atoms with Gasteiger partial charge in [0.15, 0.2) is 0 Å².